The van der Waals surface area contributed by atoms with Crippen LogP contribution in [-0.4, -0.2) is 45.7 Å². The highest BCUT2D eigenvalue weighted by Crippen LogP contribution is 2.20. The molecule has 0 radical (unpaired) electrons. The van der Waals surface area contributed by atoms with Gasteiger partial charge in [-0.15, -0.1) is 0 Å². The molecule has 30 heavy (non-hydrogen) atoms. The lowest BCUT2D eigenvalue weighted by Crippen LogP contribution is -2.48. The molecule has 7 heteroatoms. The van der Waals surface area contributed by atoms with E-state index in [1.165, 1.54) is 4.57 Å². The molecule has 2 aromatic carbocycles. The second kappa shape index (κ2) is 7.81. The summed E-state index contributed by atoms with van der Waals surface area (Å²) in [7, 11) is 0. The van der Waals surface area contributed by atoms with Gasteiger partial charge in [0.2, 0.25) is 0 Å². The molecule has 1 fully saturated rings. The molecule has 2 unspecified atom stereocenters. The molecule has 6 nitrogen and oxygen atoms in total. The first kappa shape index (κ1) is 20.5. The van der Waals surface area contributed by atoms with Crippen molar-refractivity contribution in [2.24, 2.45) is 0 Å². The molecular weight excluding hydrogens is 398 g/mol. The first-order valence-corrected chi connectivity index (χ1v) is 10.5. The zero-order valence-electron chi connectivity index (χ0n) is 17.6. The van der Waals surface area contributed by atoms with Crippen molar-refractivity contribution < 1.29 is 9.53 Å². The lowest BCUT2D eigenvalue weighted by molar-refractivity contribution is -0.0586. The first-order valence-electron chi connectivity index (χ1n) is 10.1. The number of amides is 1. The van der Waals surface area contributed by atoms with Gasteiger partial charge in [-0.2, -0.15) is 0 Å². The summed E-state index contributed by atoms with van der Waals surface area (Å²) in [5.74, 6) is -0.0723. The van der Waals surface area contributed by atoms with Gasteiger partial charge in [-0.1, -0.05) is 12.1 Å². The number of morpholine rings is 1. The van der Waals surface area contributed by atoms with Gasteiger partial charge in [0.15, 0.2) is 4.77 Å². The molecule has 156 valence electrons. The number of aryl methyl sites for hydroxylation is 1. The number of hydrogen-bond donors (Lipinski definition) is 1. The molecule has 0 spiro atoms. The van der Waals surface area contributed by atoms with Crippen LogP contribution in [0, 0.1) is 18.6 Å². The predicted molar refractivity (Wildman–Crippen MR) is 120 cm³/mol. The zero-order valence-corrected chi connectivity index (χ0v) is 18.4. The molecule has 0 bridgehead atoms. The summed E-state index contributed by atoms with van der Waals surface area (Å²) in [5.41, 5.74) is 3.74. The Morgan fingerprint density at radius 1 is 1.13 bits per heavy atom. The second-order valence-corrected chi connectivity index (χ2v) is 8.40. The van der Waals surface area contributed by atoms with Crippen LogP contribution in [0.2, 0.25) is 0 Å². The summed E-state index contributed by atoms with van der Waals surface area (Å²) in [6, 6.07) is 10.9. The fraction of sp³-hybridized carbons (Fsp3) is 0.348. The van der Waals surface area contributed by atoms with Crippen molar-refractivity contribution in [3.8, 4) is 5.69 Å². The molecule has 1 saturated heterocycles. The first-order chi connectivity index (χ1) is 14.3. The van der Waals surface area contributed by atoms with Crippen LogP contribution >= 0.6 is 12.2 Å². The summed E-state index contributed by atoms with van der Waals surface area (Å²) in [5, 5.41) is 0.491. The monoisotopic (exact) mass is 423 g/mol. The molecule has 3 aromatic rings. The van der Waals surface area contributed by atoms with Crippen molar-refractivity contribution in [1.29, 1.82) is 0 Å². The van der Waals surface area contributed by atoms with Crippen LogP contribution in [0.25, 0.3) is 16.6 Å². The minimum absolute atomic E-state index is 0.00580. The number of nitrogens with one attached hydrogen (secondary N) is 1. The normalized spacial score (nSPS) is 19.3. The molecular formula is C23H25N3O3S. The van der Waals surface area contributed by atoms with E-state index in [4.69, 9.17) is 17.0 Å². The quantitative estimate of drug-likeness (QED) is 0.635. The van der Waals surface area contributed by atoms with Gasteiger partial charge >= 0.3 is 0 Å². The average molecular weight is 424 g/mol. The maximum atomic E-state index is 13.2. The molecule has 1 amide bonds. The molecule has 4 rings (SSSR count). The van der Waals surface area contributed by atoms with Crippen molar-refractivity contribution >= 4 is 29.0 Å². The maximum Gasteiger partial charge on any atom is 0.266 e. The fourth-order valence-corrected chi connectivity index (χ4v) is 4.37. The number of carbonyl (C=O) groups excluding carboxylic acids is 1. The smallest absolute Gasteiger partial charge is 0.266 e. The third kappa shape index (κ3) is 3.59. The molecule has 2 heterocycles. The van der Waals surface area contributed by atoms with Gasteiger partial charge in [0, 0.05) is 18.7 Å². The topological polar surface area (TPSA) is 67.3 Å². The van der Waals surface area contributed by atoms with E-state index in [0.717, 1.165) is 16.8 Å². The van der Waals surface area contributed by atoms with Gasteiger partial charge in [0.1, 0.15) is 0 Å². The van der Waals surface area contributed by atoms with E-state index in [9.17, 15) is 9.59 Å². The molecule has 0 saturated carbocycles. The standard InChI is InChI=1S/C23H25N3O3S/c1-13-6-5-7-20(16(13)4)26-22(28)18-9-8-17(10-19(18)24-23(26)30)21(27)25-11-14(2)29-15(3)12-25/h5-10,14-15H,11-12H2,1-4H3,(H,24,30). The van der Waals surface area contributed by atoms with Gasteiger partial charge in [0.05, 0.1) is 28.8 Å². The van der Waals surface area contributed by atoms with E-state index in [2.05, 4.69) is 4.98 Å². The number of benzene rings is 2. The lowest BCUT2D eigenvalue weighted by atomic mass is 10.1. The van der Waals surface area contributed by atoms with E-state index < -0.39 is 0 Å². The Labute approximate surface area is 180 Å². The summed E-state index contributed by atoms with van der Waals surface area (Å²) in [4.78, 5) is 31.2. The van der Waals surface area contributed by atoms with Crippen molar-refractivity contribution in [3.63, 3.8) is 0 Å². The van der Waals surface area contributed by atoms with E-state index in [-0.39, 0.29) is 23.7 Å². The molecule has 2 atom stereocenters. The highest BCUT2D eigenvalue weighted by atomic mass is 32.1. The second-order valence-electron chi connectivity index (χ2n) is 8.02. The Kier molecular flexibility index (Phi) is 5.34. The van der Waals surface area contributed by atoms with E-state index in [0.29, 0.717) is 34.3 Å². The predicted octanol–water partition coefficient (Wildman–Crippen LogP) is 3.91. The van der Waals surface area contributed by atoms with Gasteiger partial charge in [-0.3, -0.25) is 14.2 Å². The Balaban J connectivity index is 1.79. The fourth-order valence-electron chi connectivity index (χ4n) is 4.07. The van der Waals surface area contributed by atoms with Crippen LogP contribution in [-0.2, 0) is 4.74 Å². The number of fused-ring (bicyclic) bond motifs is 1. The van der Waals surface area contributed by atoms with Crippen molar-refractivity contribution in [2.75, 3.05) is 13.1 Å². The van der Waals surface area contributed by atoms with Crippen LogP contribution in [0.1, 0.15) is 35.3 Å². The van der Waals surface area contributed by atoms with Crippen LogP contribution in [0.4, 0.5) is 0 Å². The van der Waals surface area contributed by atoms with Gasteiger partial charge in [-0.25, -0.2) is 0 Å². The van der Waals surface area contributed by atoms with E-state index in [1.807, 2.05) is 45.9 Å². The number of aromatic nitrogens is 2. The van der Waals surface area contributed by atoms with Crippen LogP contribution in [0.3, 0.4) is 0 Å². The third-order valence-electron chi connectivity index (χ3n) is 5.67. The molecule has 1 N–H and O–H groups in total. The number of rotatable bonds is 2. The molecule has 1 aromatic heterocycles. The van der Waals surface area contributed by atoms with E-state index >= 15 is 0 Å². The van der Waals surface area contributed by atoms with Crippen LogP contribution < -0.4 is 5.56 Å². The Bertz CT molecular complexity index is 1250. The highest BCUT2D eigenvalue weighted by molar-refractivity contribution is 7.71. The van der Waals surface area contributed by atoms with Crippen molar-refractivity contribution in [2.45, 2.75) is 39.9 Å². The maximum absolute atomic E-state index is 13.2. The SMILES string of the molecule is Cc1cccc(-n2c(=S)[nH]c3cc(C(=O)N4CC(C)OC(C)C4)ccc3c2=O)c1C. The Hall–Kier alpha value is -2.77. The molecule has 1 aliphatic rings. The summed E-state index contributed by atoms with van der Waals surface area (Å²) >= 11 is 5.51. The minimum atomic E-state index is -0.199. The largest absolute Gasteiger partial charge is 0.372 e. The average Bonchev–Trinajstić information content (AvgIpc) is 2.69. The summed E-state index contributed by atoms with van der Waals surface area (Å²) in [6.45, 7) is 8.99. The lowest BCUT2D eigenvalue weighted by Gasteiger charge is -2.35. The Morgan fingerprint density at radius 3 is 2.53 bits per heavy atom. The number of hydrogen-bond acceptors (Lipinski definition) is 4. The van der Waals surface area contributed by atoms with Gasteiger partial charge in [-0.05, 0) is 75.3 Å². The number of aromatic amines is 1. The summed E-state index contributed by atoms with van der Waals surface area (Å²) < 4.78 is 7.55. The van der Waals surface area contributed by atoms with Gasteiger partial charge in [0.25, 0.3) is 11.5 Å². The molecule has 1 aliphatic heterocycles. The van der Waals surface area contributed by atoms with Gasteiger partial charge < -0.3 is 14.6 Å². The number of carbonyl (C=O) groups is 1. The summed E-state index contributed by atoms with van der Waals surface area (Å²) in [6.07, 6.45) is -0.0116. The third-order valence-corrected chi connectivity index (χ3v) is 5.95. The van der Waals surface area contributed by atoms with E-state index in [1.54, 1.807) is 23.1 Å². The minimum Gasteiger partial charge on any atom is -0.372 e. The Morgan fingerprint density at radius 2 is 1.83 bits per heavy atom. The zero-order chi connectivity index (χ0) is 21.6. The van der Waals surface area contributed by atoms with Crippen LogP contribution in [0.5, 0.6) is 0 Å². The van der Waals surface area contributed by atoms with Crippen molar-refractivity contribution in [3.05, 3.63) is 68.2 Å². The van der Waals surface area contributed by atoms with Crippen molar-refractivity contribution in [1.82, 2.24) is 14.5 Å². The number of ether oxygens (including phenoxy) is 1. The highest BCUT2D eigenvalue weighted by Gasteiger charge is 2.27. The van der Waals surface area contributed by atoms with Crippen LogP contribution in [0.15, 0.2) is 41.2 Å². The number of H-pyrrole nitrogens is 1. The number of nitrogens with zero attached hydrogens (tertiary/aromatic N) is 2. The molecule has 0 aliphatic carbocycles.